The number of nitrogens with zero attached hydrogens (tertiary/aromatic N) is 1. The van der Waals surface area contributed by atoms with E-state index in [4.69, 9.17) is 4.74 Å². The molecule has 1 fully saturated rings. The van der Waals surface area contributed by atoms with Crippen LogP contribution in [0.2, 0.25) is 0 Å². The molecule has 1 atom stereocenters. The molecule has 5 nitrogen and oxygen atoms in total. The largest absolute Gasteiger partial charge is 0.478 e. The van der Waals surface area contributed by atoms with Crippen LogP contribution in [0, 0.1) is 0 Å². The quantitative estimate of drug-likeness (QED) is 0.804. The van der Waals surface area contributed by atoms with Crippen LogP contribution in [0.1, 0.15) is 19.8 Å². The molecule has 92 valence electrons. The van der Waals surface area contributed by atoms with Crippen molar-refractivity contribution < 1.29 is 9.53 Å². The normalized spacial score (nSPS) is 18.9. The van der Waals surface area contributed by atoms with Crippen LogP contribution in [0.3, 0.4) is 0 Å². The van der Waals surface area contributed by atoms with Crippen molar-refractivity contribution in [2.75, 3.05) is 18.5 Å². The molecule has 0 bridgehead atoms. The lowest BCUT2D eigenvalue weighted by molar-refractivity contribution is -0.119. The number of rotatable bonds is 5. The average molecular weight is 235 g/mol. The van der Waals surface area contributed by atoms with Crippen molar-refractivity contribution in [2.45, 2.75) is 25.8 Å². The smallest absolute Gasteiger partial charge is 0.220 e. The van der Waals surface area contributed by atoms with E-state index in [0.29, 0.717) is 18.9 Å². The van der Waals surface area contributed by atoms with Crippen LogP contribution in [0.5, 0.6) is 5.88 Å². The Balaban J connectivity index is 1.80. The highest BCUT2D eigenvalue weighted by Gasteiger charge is 2.19. The number of carbonyl (C=O) groups excluding carboxylic acids is 1. The molecule has 1 aromatic heterocycles. The van der Waals surface area contributed by atoms with Gasteiger partial charge < -0.3 is 15.4 Å². The summed E-state index contributed by atoms with van der Waals surface area (Å²) in [5.41, 5.74) is 0.939. The van der Waals surface area contributed by atoms with Crippen LogP contribution < -0.4 is 15.4 Å². The Bertz CT molecular complexity index is 378. The van der Waals surface area contributed by atoms with Crippen molar-refractivity contribution in [1.29, 1.82) is 0 Å². The van der Waals surface area contributed by atoms with Gasteiger partial charge in [-0.25, -0.2) is 4.98 Å². The standard InChI is InChI=1S/C12H17N3O2/c1-2-17-12-6-4-9(7-14-12)13-8-10-3-5-11(16)15-10/h4,6-7,10,13H,2-3,5,8H2,1H3,(H,15,16). The molecule has 1 unspecified atom stereocenters. The Morgan fingerprint density at radius 3 is 3.06 bits per heavy atom. The number of carbonyl (C=O) groups is 1. The molecule has 0 radical (unpaired) electrons. The fraction of sp³-hybridized carbons (Fsp3) is 0.500. The first-order valence-electron chi connectivity index (χ1n) is 5.90. The second-order valence-electron chi connectivity index (χ2n) is 4.00. The molecular weight excluding hydrogens is 218 g/mol. The third kappa shape index (κ3) is 3.34. The summed E-state index contributed by atoms with van der Waals surface area (Å²) in [4.78, 5) is 15.2. The highest BCUT2D eigenvalue weighted by Crippen LogP contribution is 2.13. The summed E-state index contributed by atoms with van der Waals surface area (Å²) < 4.78 is 5.26. The fourth-order valence-corrected chi connectivity index (χ4v) is 1.79. The molecule has 0 aliphatic carbocycles. The maximum Gasteiger partial charge on any atom is 0.220 e. The Kier molecular flexibility index (Phi) is 3.80. The van der Waals surface area contributed by atoms with E-state index in [1.807, 2.05) is 19.1 Å². The summed E-state index contributed by atoms with van der Waals surface area (Å²) in [6, 6.07) is 3.99. The van der Waals surface area contributed by atoms with Crippen molar-refractivity contribution in [3.05, 3.63) is 18.3 Å². The van der Waals surface area contributed by atoms with Crippen LogP contribution in [0.25, 0.3) is 0 Å². The summed E-state index contributed by atoms with van der Waals surface area (Å²) in [7, 11) is 0. The molecule has 0 aromatic carbocycles. The van der Waals surface area contributed by atoms with Crippen molar-refractivity contribution in [3.63, 3.8) is 0 Å². The minimum atomic E-state index is 0.140. The Labute approximate surface area is 101 Å². The third-order valence-corrected chi connectivity index (χ3v) is 2.67. The lowest BCUT2D eigenvalue weighted by Gasteiger charge is -2.12. The minimum absolute atomic E-state index is 0.140. The zero-order valence-electron chi connectivity index (χ0n) is 9.90. The lowest BCUT2D eigenvalue weighted by atomic mass is 10.2. The van der Waals surface area contributed by atoms with Gasteiger partial charge in [-0.3, -0.25) is 4.79 Å². The Morgan fingerprint density at radius 2 is 2.47 bits per heavy atom. The molecule has 2 heterocycles. The van der Waals surface area contributed by atoms with Gasteiger partial charge in [0.15, 0.2) is 0 Å². The van der Waals surface area contributed by atoms with E-state index in [1.54, 1.807) is 6.20 Å². The lowest BCUT2D eigenvalue weighted by Crippen LogP contribution is -2.31. The van der Waals surface area contributed by atoms with Gasteiger partial charge in [0.25, 0.3) is 0 Å². The summed E-state index contributed by atoms with van der Waals surface area (Å²) in [5.74, 6) is 0.772. The SMILES string of the molecule is CCOc1ccc(NCC2CCC(=O)N2)cn1. The Hall–Kier alpha value is -1.78. The first kappa shape index (κ1) is 11.7. The molecule has 5 heteroatoms. The number of amides is 1. The van der Waals surface area contributed by atoms with E-state index in [1.165, 1.54) is 0 Å². The van der Waals surface area contributed by atoms with Gasteiger partial charge in [0.2, 0.25) is 11.8 Å². The fourth-order valence-electron chi connectivity index (χ4n) is 1.79. The average Bonchev–Trinajstić information content (AvgIpc) is 2.75. The molecule has 17 heavy (non-hydrogen) atoms. The highest BCUT2D eigenvalue weighted by molar-refractivity contribution is 5.78. The van der Waals surface area contributed by atoms with E-state index in [0.717, 1.165) is 18.7 Å². The van der Waals surface area contributed by atoms with Gasteiger partial charge in [-0.2, -0.15) is 0 Å². The van der Waals surface area contributed by atoms with E-state index < -0.39 is 0 Å². The molecule has 1 saturated heterocycles. The van der Waals surface area contributed by atoms with Crippen molar-refractivity contribution in [3.8, 4) is 5.88 Å². The van der Waals surface area contributed by atoms with E-state index >= 15 is 0 Å². The molecule has 1 aromatic rings. The van der Waals surface area contributed by atoms with Crippen molar-refractivity contribution >= 4 is 11.6 Å². The second-order valence-corrected chi connectivity index (χ2v) is 4.00. The predicted molar refractivity (Wildman–Crippen MR) is 65.1 cm³/mol. The van der Waals surface area contributed by atoms with Gasteiger partial charge in [0.1, 0.15) is 0 Å². The number of nitrogens with one attached hydrogen (secondary N) is 2. The molecule has 2 rings (SSSR count). The number of aromatic nitrogens is 1. The number of pyridine rings is 1. The number of hydrogen-bond acceptors (Lipinski definition) is 4. The molecule has 0 spiro atoms. The number of anilines is 1. The molecule has 1 aliphatic heterocycles. The van der Waals surface area contributed by atoms with Gasteiger partial charge in [0.05, 0.1) is 18.5 Å². The first-order chi connectivity index (χ1) is 8.28. The van der Waals surface area contributed by atoms with Crippen LogP contribution in [-0.2, 0) is 4.79 Å². The third-order valence-electron chi connectivity index (χ3n) is 2.67. The summed E-state index contributed by atoms with van der Waals surface area (Å²) in [6.45, 7) is 3.28. The zero-order chi connectivity index (χ0) is 12.1. The monoisotopic (exact) mass is 235 g/mol. The number of ether oxygens (including phenoxy) is 1. The maximum atomic E-state index is 11.0. The topological polar surface area (TPSA) is 63.2 Å². The van der Waals surface area contributed by atoms with Gasteiger partial charge in [-0.15, -0.1) is 0 Å². The highest BCUT2D eigenvalue weighted by atomic mass is 16.5. The maximum absolute atomic E-state index is 11.0. The molecule has 1 aliphatic rings. The van der Waals surface area contributed by atoms with E-state index in [9.17, 15) is 4.79 Å². The van der Waals surface area contributed by atoms with Crippen LogP contribution >= 0.6 is 0 Å². The summed E-state index contributed by atoms with van der Waals surface area (Å²) >= 11 is 0. The molecule has 1 amide bonds. The van der Waals surface area contributed by atoms with E-state index in [2.05, 4.69) is 15.6 Å². The predicted octanol–water partition coefficient (Wildman–Crippen LogP) is 1.17. The second kappa shape index (κ2) is 5.52. The first-order valence-corrected chi connectivity index (χ1v) is 5.90. The van der Waals surface area contributed by atoms with Gasteiger partial charge in [-0.05, 0) is 19.4 Å². The molecule has 2 N–H and O–H groups in total. The summed E-state index contributed by atoms with van der Waals surface area (Å²) in [5, 5.41) is 6.15. The number of hydrogen-bond donors (Lipinski definition) is 2. The van der Waals surface area contributed by atoms with Crippen LogP contribution in [0.4, 0.5) is 5.69 Å². The van der Waals surface area contributed by atoms with Gasteiger partial charge in [-0.1, -0.05) is 0 Å². The molecular formula is C12H17N3O2. The van der Waals surface area contributed by atoms with Gasteiger partial charge >= 0.3 is 0 Å². The van der Waals surface area contributed by atoms with Crippen molar-refractivity contribution in [1.82, 2.24) is 10.3 Å². The van der Waals surface area contributed by atoms with E-state index in [-0.39, 0.29) is 11.9 Å². The van der Waals surface area contributed by atoms with Gasteiger partial charge in [0, 0.05) is 25.1 Å². The zero-order valence-corrected chi connectivity index (χ0v) is 9.90. The minimum Gasteiger partial charge on any atom is -0.478 e. The summed E-state index contributed by atoms with van der Waals surface area (Å²) in [6.07, 6.45) is 3.27. The van der Waals surface area contributed by atoms with Crippen LogP contribution in [0.15, 0.2) is 18.3 Å². The molecule has 0 saturated carbocycles. The Morgan fingerprint density at radius 1 is 1.59 bits per heavy atom. The van der Waals surface area contributed by atoms with Crippen LogP contribution in [-0.4, -0.2) is 30.1 Å². The van der Waals surface area contributed by atoms with Crippen molar-refractivity contribution in [2.24, 2.45) is 0 Å².